The number of carbonyl (C=O) groups excluding carboxylic acids is 1. The maximum atomic E-state index is 12.4. The Morgan fingerprint density at radius 2 is 1.86 bits per heavy atom. The van der Waals surface area contributed by atoms with Gasteiger partial charge in [-0.05, 0) is 44.4 Å². The van der Waals surface area contributed by atoms with Crippen LogP contribution in [0.2, 0.25) is 10.0 Å². The van der Waals surface area contributed by atoms with Crippen molar-refractivity contribution in [3.8, 4) is 0 Å². The van der Waals surface area contributed by atoms with Gasteiger partial charge in [0.2, 0.25) is 15.9 Å². The molecule has 0 saturated carbocycles. The van der Waals surface area contributed by atoms with E-state index in [9.17, 15) is 13.2 Å². The van der Waals surface area contributed by atoms with Crippen molar-refractivity contribution in [1.82, 2.24) is 9.62 Å². The highest BCUT2D eigenvalue weighted by atomic mass is 35.5. The number of hydrogen-bond acceptors (Lipinski definition) is 3. The predicted molar refractivity (Wildman–Crippen MR) is 86.7 cm³/mol. The van der Waals surface area contributed by atoms with Crippen molar-refractivity contribution in [2.75, 3.05) is 13.1 Å². The standard InChI is InChI=1S/C14H18Cl2N2O3S/c1-10(14(19)18-7-3-2-4-8-18)17-22(20,21)13-9-11(15)5-6-12(13)16/h5-6,9-10,17H,2-4,7-8H2,1H3/t10-/m0/s1. The molecule has 2 rings (SSSR count). The number of carbonyl (C=O) groups is 1. The number of hydrogen-bond donors (Lipinski definition) is 1. The van der Waals surface area contributed by atoms with Crippen LogP contribution in [0.4, 0.5) is 0 Å². The zero-order chi connectivity index (χ0) is 16.3. The summed E-state index contributed by atoms with van der Waals surface area (Å²) in [5.41, 5.74) is 0. The minimum absolute atomic E-state index is 0.0644. The average molecular weight is 365 g/mol. The van der Waals surface area contributed by atoms with Gasteiger partial charge in [0.1, 0.15) is 4.90 Å². The molecule has 1 fully saturated rings. The monoisotopic (exact) mass is 364 g/mol. The molecule has 0 spiro atoms. The van der Waals surface area contributed by atoms with Crippen LogP contribution in [0.3, 0.4) is 0 Å². The summed E-state index contributed by atoms with van der Waals surface area (Å²) in [5, 5.41) is 0.328. The largest absolute Gasteiger partial charge is 0.341 e. The molecule has 1 aromatic carbocycles. The SMILES string of the molecule is C[C@H](NS(=O)(=O)c1cc(Cl)ccc1Cl)C(=O)N1CCCCC1. The van der Waals surface area contributed by atoms with E-state index in [0.717, 1.165) is 19.3 Å². The molecule has 1 saturated heterocycles. The minimum Gasteiger partial charge on any atom is -0.341 e. The maximum absolute atomic E-state index is 12.4. The Bertz CT molecular complexity index is 658. The second-order valence-electron chi connectivity index (χ2n) is 5.30. The molecule has 1 aliphatic rings. The quantitative estimate of drug-likeness (QED) is 0.892. The third-order valence-corrected chi connectivity index (χ3v) is 5.81. The van der Waals surface area contributed by atoms with Gasteiger partial charge in [-0.3, -0.25) is 4.79 Å². The molecule has 0 aliphatic carbocycles. The molecule has 22 heavy (non-hydrogen) atoms. The van der Waals surface area contributed by atoms with Crippen molar-refractivity contribution in [3.05, 3.63) is 28.2 Å². The topological polar surface area (TPSA) is 66.5 Å². The fourth-order valence-electron chi connectivity index (χ4n) is 2.42. The van der Waals surface area contributed by atoms with Crippen molar-refractivity contribution in [1.29, 1.82) is 0 Å². The van der Waals surface area contributed by atoms with Gasteiger partial charge in [0.15, 0.2) is 0 Å². The number of amides is 1. The second kappa shape index (κ2) is 7.17. The number of nitrogens with zero attached hydrogens (tertiary/aromatic N) is 1. The van der Waals surface area contributed by atoms with Crippen molar-refractivity contribution in [2.24, 2.45) is 0 Å². The summed E-state index contributed by atoms with van der Waals surface area (Å²) in [6, 6.07) is 3.34. The van der Waals surface area contributed by atoms with Crippen LogP contribution in [0.15, 0.2) is 23.1 Å². The fourth-order valence-corrected chi connectivity index (χ4v) is 4.38. The van der Waals surface area contributed by atoms with E-state index in [-0.39, 0.29) is 20.8 Å². The Labute approximate surface area is 140 Å². The van der Waals surface area contributed by atoms with E-state index in [1.807, 2.05) is 0 Å². The highest BCUT2D eigenvalue weighted by molar-refractivity contribution is 7.89. The Hall–Kier alpha value is -0.820. The average Bonchev–Trinajstić information content (AvgIpc) is 2.49. The zero-order valence-electron chi connectivity index (χ0n) is 12.2. The molecule has 0 unspecified atom stereocenters. The molecule has 0 aromatic heterocycles. The van der Waals surface area contributed by atoms with Crippen molar-refractivity contribution in [3.63, 3.8) is 0 Å². The molecule has 5 nitrogen and oxygen atoms in total. The summed E-state index contributed by atoms with van der Waals surface area (Å²) in [6.45, 7) is 2.87. The summed E-state index contributed by atoms with van der Waals surface area (Å²) in [7, 11) is -3.91. The molecular weight excluding hydrogens is 347 g/mol. The summed E-state index contributed by atoms with van der Waals surface area (Å²) >= 11 is 11.7. The number of sulfonamides is 1. The van der Waals surface area contributed by atoms with Crippen LogP contribution in [0.1, 0.15) is 26.2 Å². The number of nitrogens with one attached hydrogen (secondary N) is 1. The third kappa shape index (κ3) is 4.13. The molecule has 122 valence electrons. The molecule has 1 atom stereocenters. The molecule has 1 N–H and O–H groups in total. The molecule has 8 heteroatoms. The van der Waals surface area contributed by atoms with Gasteiger partial charge >= 0.3 is 0 Å². The van der Waals surface area contributed by atoms with E-state index in [2.05, 4.69) is 4.72 Å². The first-order valence-corrected chi connectivity index (χ1v) is 9.31. The molecule has 1 aromatic rings. The summed E-state index contributed by atoms with van der Waals surface area (Å²) in [6.07, 6.45) is 3.00. The van der Waals surface area contributed by atoms with Gasteiger partial charge in [-0.15, -0.1) is 0 Å². The molecular formula is C14H18Cl2N2O3S. The number of benzene rings is 1. The Kier molecular flexibility index (Phi) is 5.71. The number of rotatable bonds is 4. The van der Waals surface area contributed by atoms with Gasteiger partial charge in [0.05, 0.1) is 11.1 Å². The van der Waals surface area contributed by atoms with Crippen LogP contribution < -0.4 is 4.72 Å². The third-order valence-electron chi connectivity index (χ3n) is 3.55. The van der Waals surface area contributed by atoms with Crippen LogP contribution in [-0.4, -0.2) is 38.4 Å². The first-order chi connectivity index (χ1) is 10.3. The molecule has 1 heterocycles. The van der Waals surface area contributed by atoms with Gasteiger partial charge in [-0.2, -0.15) is 4.72 Å². The Morgan fingerprint density at radius 1 is 1.23 bits per heavy atom. The molecule has 1 aliphatic heterocycles. The van der Waals surface area contributed by atoms with Gasteiger partial charge in [-0.25, -0.2) is 8.42 Å². The summed E-state index contributed by atoms with van der Waals surface area (Å²) in [4.78, 5) is 13.9. The predicted octanol–water partition coefficient (Wildman–Crippen LogP) is 2.67. The van der Waals surface area contributed by atoms with Crippen molar-refractivity contribution < 1.29 is 13.2 Å². The van der Waals surface area contributed by atoms with E-state index < -0.39 is 16.1 Å². The number of halogens is 2. The van der Waals surface area contributed by atoms with Crippen LogP contribution in [0.5, 0.6) is 0 Å². The van der Waals surface area contributed by atoms with Crippen LogP contribution in [0, 0.1) is 0 Å². The van der Waals surface area contributed by atoms with Crippen molar-refractivity contribution >= 4 is 39.1 Å². The first kappa shape index (κ1) is 17.5. The lowest BCUT2D eigenvalue weighted by atomic mass is 10.1. The van der Waals surface area contributed by atoms with Crippen LogP contribution in [0.25, 0.3) is 0 Å². The van der Waals surface area contributed by atoms with Gasteiger partial charge in [0.25, 0.3) is 0 Å². The lowest BCUT2D eigenvalue weighted by molar-refractivity contribution is -0.133. The van der Waals surface area contributed by atoms with Crippen LogP contribution in [-0.2, 0) is 14.8 Å². The van der Waals surface area contributed by atoms with E-state index in [4.69, 9.17) is 23.2 Å². The van der Waals surface area contributed by atoms with E-state index >= 15 is 0 Å². The number of piperidine rings is 1. The molecule has 1 amide bonds. The first-order valence-electron chi connectivity index (χ1n) is 7.07. The maximum Gasteiger partial charge on any atom is 0.242 e. The smallest absolute Gasteiger partial charge is 0.242 e. The second-order valence-corrected chi connectivity index (χ2v) is 7.83. The number of likely N-dealkylation sites (tertiary alicyclic amines) is 1. The normalized spacial score (nSPS) is 17.3. The van der Waals surface area contributed by atoms with E-state index in [1.54, 1.807) is 4.90 Å². The van der Waals surface area contributed by atoms with Gasteiger partial charge < -0.3 is 4.90 Å². The highest BCUT2D eigenvalue weighted by Crippen LogP contribution is 2.25. The van der Waals surface area contributed by atoms with Gasteiger partial charge in [0, 0.05) is 18.1 Å². The summed E-state index contributed by atoms with van der Waals surface area (Å²) in [5.74, 6) is -0.221. The minimum atomic E-state index is -3.91. The van der Waals surface area contributed by atoms with E-state index in [0.29, 0.717) is 13.1 Å². The molecule has 0 radical (unpaired) electrons. The summed E-state index contributed by atoms with van der Waals surface area (Å²) < 4.78 is 27.1. The van der Waals surface area contributed by atoms with Gasteiger partial charge in [-0.1, -0.05) is 23.2 Å². The lowest BCUT2D eigenvalue weighted by Gasteiger charge is -2.29. The Morgan fingerprint density at radius 3 is 2.50 bits per heavy atom. The highest BCUT2D eigenvalue weighted by Gasteiger charge is 2.27. The van der Waals surface area contributed by atoms with E-state index in [1.165, 1.54) is 25.1 Å². The zero-order valence-corrected chi connectivity index (χ0v) is 14.5. The lowest BCUT2D eigenvalue weighted by Crippen LogP contribution is -2.48. The van der Waals surface area contributed by atoms with Crippen LogP contribution >= 0.6 is 23.2 Å². The van der Waals surface area contributed by atoms with Crippen molar-refractivity contribution in [2.45, 2.75) is 37.1 Å². The molecule has 0 bridgehead atoms. The fraction of sp³-hybridized carbons (Fsp3) is 0.500. The Balaban J connectivity index is 2.13.